The van der Waals surface area contributed by atoms with E-state index in [4.69, 9.17) is 11.6 Å². The second-order valence-corrected chi connectivity index (χ2v) is 4.31. The molecular weight excluding hydrogens is 267 g/mol. The third kappa shape index (κ3) is 2.20. The van der Waals surface area contributed by atoms with Crippen LogP contribution in [0.2, 0.25) is 5.02 Å². The van der Waals surface area contributed by atoms with Crippen LogP contribution in [0.4, 0.5) is 4.39 Å². The minimum atomic E-state index is -0.368. The van der Waals surface area contributed by atoms with Gasteiger partial charge in [-0.2, -0.15) is 4.68 Å². The van der Waals surface area contributed by atoms with Gasteiger partial charge in [-0.15, -0.1) is 5.10 Å². The average Bonchev–Trinajstić information content (AvgIpc) is 2.89. The van der Waals surface area contributed by atoms with Gasteiger partial charge in [0, 0.05) is 5.02 Å². The zero-order valence-corrected chi connectivity index (χ0v) is 10.4. The van der Waals surface area contributed by atoms with Gasteiger partial charge >= 0.3 is 0 Å². The number of hydrogen-bond acceptors (Lipinski definition) is 3. The van der Waals surface area contributed by atoms with Crippen molar-refractivity contribution in [2.24, 2.45) is 0 Å². The third-order valence-electron chi connectivity index (χ3n) is 2.66. The second kappa shape index (κ2) is 4.78. The largest absolute Gasteiger partial charge is 0.206 e. The average molecular weight is 275 g/mol. The molecule has 0 N–H and O–H groups in total. The Bertz CT molecular complexity index is 709. The Morgan fingerprint density at radius 1 is 1.00 bits per heavy atom. The van der Waals surface area contributed by atoms with Crippen LogP contribution in [0.1, 0.15) is 0 Å². The van der Waals surface area contributed by atoms with E-state index < -0.39 is 0 Å². The fourth-order valence-corrected chi connectivity index (χ4v) is 1.88. The molecule has 0 aliphatic heterocycles. The van der Waals surface area contributed by atoms with Gasteiger partial charge in [0.1, 0.15) is 5.82 Å². The molecule has 0 amide bonds. The van der Waals surface area contributed by atoms with E-state index in [1.54, 1.807) is 42.5 Å². The van der Waals surface area contributed by atoms with Gasteiger partial charge in [0.25, 0.3) is 0 Å². The summed E-state index contributed by atoms with van der Waals surface area (Å²) in [5.74, 6) is -0.0204. The van der Waals surface area contributed by atoms with Gasteiger partial charge in [0.15, 0.2) is 5.82 Å². The number of hydrogen-bond donors (Lipinski definition) is 0. The molecule has 0 radical (unpaired) electrons. The first-order chi connectivity index (χ1) is 9.25. The molecule has 3 aromatic rings. The smallest absolute Gasteiger partial charge is 0.190 e. The van der Waals surface area contributed by atoms with Crippen LogP contribution < -0.4 is 0 Å². The molecule has 1 heterocycles. The van der Waals surface area contributed by atoms with E-state index in [0.717, 1.165) is 0 Å². The maximum atomic E-state index is 13.8. The van der Waals surface area contributed by atoms with Gasteiger partial charge in [0.2, 0.25) is 0 Å². The molecule has 0 spiro atoms. The van der Waals surface area contributed by atoms with E-state index in [-0.39, 0.29) is 5.82 Å². The van der Waals surface area contributed by atoms with E-state index in [1.165, 1.54) is 10.7 Å². The van der Waals surface area contributed by atoms with Crippen LogP contribution in [0.25, 0.3) is 17.1 Å². The summed E-state index contributed by atoms with van der Waals surface area (Å²) in [6.07, 6.45) is 0. The van der Waals surface area contributed by atoms with Gasteiger partial charge in [-0.25, -0.2) is 4.39 Å². The molecule has 0 bridgehead atoms. The second-order valence-electron chi connectivity index (χ2n) is 3.87. The van der Waals surface area contributed by atoms with Crippen molar-refractivity contribution >= 4 is 11.6 Å². The maximum absolute atomic E-state index is 13.8. The van der Waals surface area contributed by atoms with Crippen molar-refractivity contribution in [1.82, 2.24) is 20.2 Å². The fraction of sp³-hybridized carbons (Fsp3) is 0. The number of benzene rings is 2. The van der Waals surface area contributed by atoms with Crippen molar-refractivity contribution in [1.29, 1.82) is 0 Å². The molecule has 94 valence electrons. The first kappa shape index (κ1) is 11.8. The van der Waals surface area contributed by atoms with E-state index in [0.29, 0.717) is 22.1 Å². The van der Waals surface area contributed by atoms with Gasteiger partial charge in [-0.05, 0) is 46.8 Å². The first-order valence-corrected chi connectivity index (χ1v) is 5.93. The van der Waals surface area contributed by atoms with Gasteiger partial charge < -0.3 is 0 Å². The maximum Gasteiger partial charge on any atom is 0.190 e. The third-order valence-corrected chi connectivity index (χ3v) is 2.91. The lowest BCUT2D eigenvalue weighted by Gasteiger charge is -2.05. The number of tetrazole rings is 1. The van der Waals surface area contributed by atoms with Crippen molar-refractivity contribution in [3.63, 3.8) is 0 Å². The van der Waals surface area contributed by atoms with Gasteiger partial charge in [-0.3, -0.25) is 0 Å². The molecule has 0 saturated carbocycles. The highest BCUT2D eigenvalue weighted by atomic mass is 35.5. The summed E-state index contributed by atoms with van der Waals surface area (Å²) in [4.78, 5) is 0. The molecule has 1 aromatic heterocycles. The standard InChI is InChI=1S/C13H8ClFN4/c14-9-5-7-10(8-6-9)19-13(16-17-18-19)11-3-1-2-4-12(11)15/h1-8H. The highest BCUT2D eigenvalue weighted by Crippen LogP contribution is 2.22. The summed E-state index contributed by atoms with van der Waals surface area (Å²) in [7, 11) is 0. The van der Waals surface area contributed by atoms with Crippen LogP contribution in [0, 0.1) is 5.82 Å². The monoisotopic (exact) mass is 274 g/mol. The normalized spacial score (nSPS) is 10.6. The van der Waals surface area contributed by atoms with Crippen molar-refractivity contribution in [3.05, 3.63) is 59.4 Å². The molecule has 0 unspecified atom stereocenters. The molecule has 0 fully saturated rings. The predicted octanol–water partition coefficient (Wildman–Crippen LogP) is 3.12. The molecule has 2 aromatic carbocycles. The molecule has 0 atom stereocenters. The Balaban J connectivity index is 2.13. The Morgan fingerprint density at radius 2 is 1.74 bits per heavy atom. The lowest BCUT2D eigenvalue weighted by molar-refractivity contribution is 0.629. The van der Waals surface area contributed by atoms with E-state index >= 15 is 0 Å². The quantitative estimate of drug-likeness (QED) is 0.721. The van der Waals surface area contributed by atoms with E-state index in [9.17, 15) is 4.39 Å². The van der Waals surface area contributed by atoms with E-state index in [1.807, 2.05) is 0 Å². The SMILES string of the molecule is Fc1ccccc1-c1nnnn1-c1ccc(Cl)cc1. The minimum Gasteiger partial charge on any atom is -0.206 e. The highest BCUT2D eigenvalue weighted by molar-refractivity contribution is 6.30. The van der Waals surface area contributed by atoms with Crippen molar-refractivity contribution in [2.45, 2.75) is 0 Å². The molecule has 0 aliphatic rings. The number of aromatic nitrogens is 4. The molecule has 19 heavy (non-hydrogen) atoms. The Morgan fingerprint density at radius 3 is 2.47 bits per heavy atom. The van der Waals surface area contributed by atoms with Crippen LogP contribution in [-0.2, 0) is 0 Å². The predicted molar refractivity (Wildman–Crippen MR) is 69.6 cm³/mol. The van der Waals surface area contributed by atoms with Crippen LogP contribution in [0.15, 0.2) is 48.5 Å². The summed E-state index contributed by atoms with van der Waals surface area (Å²) in [5.41, 5.74) is 1.06. The lowest BCUT2D eigenvalue weighted by Crippen LogP contribution is -2.00. The zero-order chi connectivity index (χ0) is 13.2. The first-order valence-electron chi connectivity index (χ1n) is 5.55. The highest BCUT2D eigenvalue weighted by Gasteiger charge is 2.13. The summed E-state index contributed by atoms with van der Waals surface area (Å²) in [6.45, 7) is 0. The summed E-state index contributed by atoms with van der Waals surface area (Å²) in [6, 6.07) is 13.3. The number of rotatable bonds is 2. The minimum absolute atomic E-state index is 0.348. The number of nitrogens with zero attached hydrogens (tertiary/aromatic N) is 4. The van der Waals surface area contributed by atoms with Crippen LogP contribution in [0.5, 0.6) is 0 Å². The van der Waals surface area contributed by atoms with Gasteiger partial charge in [0.05, 0.1) is 11.3 Å². The summed E-state index contributed by atoms with van der Waals surface area (Å²) >= 11 is 5.83. The fourth-order valence-electron chi connectivity index (χ4n) is 1.75. The topological polar surface area (TPSA) is 43.6 Å². The van der Waals surface area contributed by atoms with Crippen LogP contribution >= 0.6 is 11.6 Å². The molecule has 6 heteroatoms. The Labute approximate surface area is 113 Å². The van der Waals surface area contributed by atoms with Gasteiger partial charge in [-0.1, -0.05) is 23.7 Å². The van der Waals surface area contributed by atoms with Crippen LogP contribution in [0.3, 0.4) is 0 Å². The Hall–Kier alpha value is -2.27. The molecule has 0 saturated heterocycles. The van der Waals surface area contributed by atoms with E-state index in [2.05, 4.69) is 15.5 Å². The Kier molecular flexibility index (Phi) is 2.97. The van der Waals surface area contributed by atoms with Crippen molar-refractivity contribution in [2.75, 3.05) is 0 Å². The number of halogens is 2. The summed E-state index contributed by atoms with van der Waals surface area (Å²) in [5, 5.41) is 12.0. The van der Waals surface area contributed by atoms with Crippen molar-refractivity contribution in [3.8, 4) is 17.1 Å². The zero-order valence-electron chi connectivity index (χ0n) is 9.66. The molecular formula is C13H8ClFN4. The molecule has 4 nitrogen and oxygen atoms in total. The summed E-state index contributed by atoms with van der Waals surface area (Å²) < 4.78 is 15.2. The van der Waals surface area contributed by atoms with Crippen molar-refractivity contribution < 1.29 is 4.39 Å². The van der Waals surface area contributed by atoms with Crippen LogP contribution in [-0.4, -0.2) is 20.2 Å². The molecule has 0 aliphatic carbocycles. The molecule has 3 rings (SSSR count). The lowest BCUT2D eigenvalue weighted by atomic mass is 10.2.